The van der Waals surface area contributed by atoms with E-state index in [0.717, 1.165) is 34.4 Å². The molecule has 0 bridgehead atoms. The quantitative estimate of drug-likeness (QED) is 0.874. The van der Waals surface area contributed by atoms with Crippen molar-refractivity contribution >= 4 is 37.5 Å². The lowest BCUT2D eigenvalue weighted by Gasteiger charge is -2.10. The van der Waals surface area contributed by atoms with Gasteiger partial charge in [0.1, 0.15) is 5.82 Å². The fourth-order valence-electron chi connectivity index (χ4n) is 2.23. The van der Waals surface area contributed by atoms with Gasteiger partial charge >= 0.3 is 0 Å². The molecule has 0 saturated carbocycles. The van der Waals surface area contributed by atoms with Gasteiger partial charge in [0.15, 0.2) is 0 Å². The van der Waals surface area contributed by atoms with Crippen LogP contribution in [0, 0.1) is 6.92 Å². The van der Waals surface area contributed by atoms with E-state index in [2.05, 4.69) is 31.0 Å². The Morgan fingerprint density at radius 1 is 1.29 bits per heavy atom. The number of aryl methyl sites for hydroxylation is 1. The van der Waals surface area contributed by atoms with Crippen LogP contribution in [-0.2, 0) is 16.4 Å². The van der Waals surface area contributed by atoms with E-state index in [1.165, 1.54) is 0 Å². The molecule has 0 radical (unpaired) electrons. The van der Waals surface area contributed by atoms with Crippen molar-refractivity contribution in [2.75, 3.05) is 16.6 Å². The van der Waals surface area contributed by atoms with Crippen molar-refractivity contribution < 1.29 is 8.42 Å². The fourth-order valence-corrected chi connectivity index (χ4v) is 3.48. The molecule has 0 unspecified atom stereocenters. The molecule has 0 amide bonds. The number of hydrogen-bond donors (Lipinski definition) is 2. The summed E-state index contributed by atoms with van der Waals surface area (Å²) in [6.45, 7) is 2.65. The molecular weight excluding hydrogens is 354 g/mol. The van der Waals surface area contributed by atoms with Crippen molar-refractivity contribution in [3.63, 3.8) is 0 Å². The van der Waals surface area contributed by atoms with Gasteiger partial charge in [0, 0.05) is 16.7 Å². The number of rotatable bonds is 3. The van der Waals surface area contributed by atoms with Gasteiger partial charge in [-0.3, -0.25) is 4.72 Å². The molecule has 7 heteroatoms. The Hall–Kier alpha value is -1.60. The van der Waals surface area contributed by atoms with Crippen molar-refractivity contribution in [3.8, 4) is 0 Å². The maximum atomic E-state index is 12.4. The summed E-state index contributed by atoms with van der Waals surface area (Å²) in [6.07, 6.45) is 0.927. The Kier molecular flexibility index (Phi) is 3.62. The summed E-state index contributed by atoms with van der Waals surface area (Å²) in [5.41, 5.74) is 2.76. The Labute approximate surface area is 132 Å². The minimum absolute atomic E-state index is 0.234. The lowest BCUT2D eigenvalue weighted by atomic mass is 10.2. The van der Waals surface area contributed by atoms with Crippen LogP contribution in [0.5, 0.6) is 0 Å². The van der Waals surface area contributed by atoms with Gasteiger partial charge in [-0.2, -0.15) is 0 Å². The van der Waals surface area contributed by atoms with Gasteiger partial charge in [-0.25, -0.2) is 13.4 Å². The molecule has 2 N–H and O–H groups in total. The van der Waals surface area contributed by atoms with E-state index < -0.39 is 10.0 Å². The number of hydrogen-bond acceptors (Lipinski definition) is 4. The number of nitrogens with zero attached hydrogens (tertiary/aromatic N) is 1. The Balaban J connectivity index is 1.91. The van der Waals surface area contributed by atoms with E-state index in [0.29, 0.717) is 5.82 Å². The molecular formula is C14H14BrN3O2S. The number of halogens is 1. The van der Waals surface area contributed by atoms with Crippen LogP contribution in [0.1, 0.15) is 11.3 Å². The van der Waals surface area contributed by atoms with Crippen LogP contribution in [0.2, 0.25) is 0 Å². The summed E-state index contributed by atoms with van der Waals surface area (Å²) >= 11 is 3.34. The van der Waals surface area contributed by atoms with Crippen LogP contribution in [0.25, 0.3) is 0 Å². The summed E-state index contributed by atoms with van der Waals surface area (Å²) in [4.78, 5) is 4.44. The largest absolute Gasteiger partial charge is 0.384 e. The van der Waals surface area contributed by atoms with Crippen LogP contribution < -0.4 is 10.0 Å². The van der Waals surface area contributed by atoms with Gasteiger partial charge in [-0.15, -0.1) is 0 Å². The SMILES string of the molecule is Cc1nc(NS(=O)(=O)c2ccc3c(c2)NCC3)ccc1Br. The summed E-state index contributed by atoms with van der Waals surface area (Å²) in [6, 6.07) is 8.53. The second kappa shape index (κ2) is 5.31. The van der Waals surface area contributed by atoms with Crippen molar-refractivity contribution in [2.24, 2.45) is 0 Å². The van der Waals surface area contributed by atoms with Gasteiger partial charge in [-0.1, -0.05) is 6.07 Å². The molecule has 2 heterocycles. The maximum absolute atomic E-state index is 12.4. The summed E-state index contributed by atoms with van der Waals surface area (Å²) in [5.74, 6) is 0.309. The van der Waals surface area contributed by atoms with E-state index in [9.17, 15) is 8.42 Å². The molecule has 0 fully saturated rings. The second-order valence-electron chi connectivity index (χ2n) is 4.86. The third-order valence-corrected chi connectivity index (χ3v) is 5.55. The zero-order chi connectivity index (χ0) is 15.0. The number of aromatic nitrogens is 1. The highest BCUT2D eigenvalue weighted by Gasteiger charge is 2.19. The number of nitrogens with one attached hydrogen (secondary N) is 2. The summed E-state index contributed by atoms with van der Waals surface area (Å²) in [5, 5.41) is 3.18. The molecule has 0 saturated heterocycles. The first kappa shape index (κ1) is 14.3. The van der Waals surface area contributed by atoms with Crippen molar-refractivity contribution in [1.82, 2.24) is 4.98 Å². The maximum Gasteiger partial charge on any atom is 0.263 e. The van der Waals surface area contributed by atoms with E-state index in [4.69, 9.17) is 0 Å². The van der Waals surface area contributed by atoms with Gasteiger partial charge in [0.05, 0.1) is 10.6 Å². The van der Waals surface area contributed by atoms with Crippen molar-refractivity contribution in [3.05, 3.63) is 46.1 Å². The van der Waals surface area contributed by atoms with Crippen LogP contribution in [0.3, 0.4) is 0 Å². The molecule has 2 aromatic rings. The fraction of sp³-hybridized carbons (Fsp3) is 0.214. The molecule has 0 spiro atoms. The molecule has 1 aromatic carbocycles. The Bertz CT molecular complexity index is 806. The van der Waals surface area contributed by atoms with Crippen LogP contribution in [-0.4, -0.2) is 19.9 Å². The first-order valence-electron chi connectivity index (χ1n) is 6.48. The van der Waals surface area contributed by atoms with Gasteiger partial charge in [-0.05, 0) is 59.1 Å². The topological polar surface area (TPSA) is 71.1 Å². The minimum Gasteiger partial charge on any atom is -0.384 e. The van der Waals surface area contributed by atoms with Gasteiger partial charge in [0.2, 0.25) is 0 Å². The molecule has 1 aliphatic rings. The highest BCUT2D eigenvalue weighted by molar-refractivity contribution is 9.10. The molecule has 0 aliphatic carbocycles. The number of anilines is 2. The normalized spacial score (nSPS) is 13.6. The summed E-state index contributed by atoms with van der Waals surface area (Å²) in [7, 11) is -3.63. The number of sulfonamides is 1. The Morgan fingerprint density at radius 3 is 2.86 bits per heavy atom. The standard InChI is InChI=1S/C14H14BrN3O2S/c1-9-12(15)4-5-14(17-9)18-21(19,20)11-3-2-10-6-7-16-13(10)8-11/h2-5,8,16H,6-7H2,1H3,(H,17,18). The zero-order valence-electron chi connectivity index (χ0n) is 11.4. The van der Waals surface area contributed by atoms with Gasteiger partial charge < -0.3 is 5.32 Å². The molecule has 1 aromatic heterocycles. The molecule has 5 nitrogen and oxygen atoms in total. The van der Waals surface area contributed by atoms with Crippen LogP contribution in [0.15, 0.2) is 39.7 Å². The minimum atomic E-state index is -3.63. The van der Waals surface area contributed by atoms with E-state index in [1.54, 1.807) is 31.2 Å². The lowest BCUT2D eigenvalue weighted by molar-refractivity contribution is 0.601. The number of pyridine rings is 1. The molecule has 21 heavy (non-hydrogen) atoms. The predicted octanol–water partition coefficient (Wildman–Crippen LogP) is 2.92. The van der Waals surface area contributed by atoms with Crippen molar-refractivity contribution in [2.45, 2.75) is 18.2 Å². The second-order valence-corrected chi connectivity index (χ2v) is 7.40. The van der Waals surface area contributed by atoms with E-state index >= 15 is 0 Å². The van der Waals surface area contributed by atoms with E-state index in [-0.39, 0.29) is 4.90 Å². The first-order valence-corrected chi connectivity index (χ1v) is 8.76. The average Bonchev–Trinajstić information content (AvgIpc) is 2.90. The summed E-state index contributed by atoms with van der Waals surface area (Å²) < 4.78 is 28.2. The molecule has 1 aliphatic heterocycles. The monoisotopic (exact) mass is 367 g/mol. The van der Waals surface area contributed by atoms with Crippen molar-refractivity contribution in [1.29, 1.82) is 0 Å². The zero-order valence-corrected chi connectivity index (χ0v) is 13.8. The molecule has 3 rings (SSSR count). The molecule has 110 valence electrons. The van der Waals surface area contributed by atoms with Gasteiger partial charge in [0.25, 0.3) is 10.0 Å². The van der Waals surface area contributed by atoms with Crippen LogP contribution in [0.4, 0.5) is 11.5 Å². The highest BCUT2D eigenvalue weighted by atomic mass is 79.9. The molecule has 0 atom stereocenters. The Morgan fingerprint density at radius 2 is 2.10 bits per heavy atom. The highest BCUT2D eigenvalue weighted by Crippen LogP contribution is 2.26. The first-order chi connectivity index (χ1) is 9.95. The van der Waals surface area contributed by atoms with Crippen LogP contribution >= 0.6 is 15.9 Å². The lowest BCUT2D eigenvalue weighted by Crippen LogP contribution is -2.14. The number of benzene rings is 1. The smallest absolute Gasteiger partial charge is 0.263 e. The van der Waals surface area contributed by atoms with E-state index in [1.807, 2.05) is 6.07 Å². The third kappa shape index (κ3) is 2.89. The third-order valence-electron chi connectivity index (χ3n) is 3.36. The average molecular weight is 368 g/mol. The number of fused-ring (bicyclic) bond motifs is 1. The predicted molar refractivity (Wildman–Crippen MR) is 86.1 cm³/mol.